The summed E-state index contributed by atoms with van der Waals surface area (Å²) in [6.07, 6.45) is 0. The van der Waals surface area contributed by atoms with Crippen LogP contribution in [0, 0.1) is 17.0 Å². The molecular formula is C9H10N6O2. The molecule has 0 fully saturated rings. The van der Waals surface area contributed by atoms with Gasteiger partial charge in [-0.05, 0) is 22.9 Å². The lowest BCUT2D eigenvalue weighted by atomic mass is 10.2. The van der Waals surface area contributed by atoms with Crippen molar-refractivity contribution in [2.45, 2.75) is 13.5 Å². The van der Waals surface area contributed by atoms with Gasteiger partial charge in [0.1, 0.15) is 0 Å². The summed E-state index contributed by atoms with van der Waals surface area (Å²) in [5.74, 6) is 0.452. The Morgan fingerprint density at radius 2 is 2.29 bits per heavy atom. The summed E-state index contributed by atoms with van der Waals surface area (Å²) < 4.78 is 1.41. The molecule has 2 rings (SSSR count). The van der Waals surface area contributed by atoms with E-state index in [1.54, 1.807) is 6.07 Å². The summed E-state index contributed by atoms with van der Waals surface area (Å²) in [6.45, 7) is 1.98. The maximum Gasteiger partial charge on any atom is 0.271 e. The number of rotatable bonds is 3. The average Bonchev–Trinajstić information content (AvgIpc) is 2.77. The van der Waals surface area contributed by atoms with Gasteiger partial charge in [0.25, 0.3) is 5.69 Å². The van der Waals surface area contributed by atoms with Crippen LogP contribution in [0.3, 0.4) is 0 Å². The van der Waals surface area contributed by atoms with Gasteiger partial charge in [0.15, 0.2) is 5.82 Å². The zero-order valence-corrected chi connectivity index (χ0v) is 9.07. The lowest BCUT2D eigenvalue weighted by molar-refractivity contribution is -0.384. The van der Waals surface area contributed by atoms with Crippen molar-refractivity contribution < 1.29 is 4.92 Å². The number of nitrogens with two attached hydrogens (primary N) is 1. The van der Waals surface area contributed by atoms with Crippen molar-refractivity contribution in [1.82, 2.24) is 20.2 Å². The summed E-state index contributed by atoms with van der Waals surface area (Å²) in [6, 6.07) is 4.51. The summed E-state index contributed by atoms with van der Waals surface area (Å²) >= 11 is 0. The van der Waals surface area contributed by atoms with Crippen molar-refractivity contribution >= 4 is 5.69 Å². The Morgan fingerprint density at radius 3 is 2.94 bits per heavy atom. The molecule has 17 heavy (non-hydrogen) atoms. The maximum absolute atomic E-state index is 10.7. The smallest absolute Gasteiger partial charge is 0.271 e. The van der Waals surface area contributed by atoms with Gasteiger partial charge in [-0.2, -0.15) is 4.68 Å². The third-order valence-corrected chi connectivity index (χ3v) is 2.35. The van der Waals surface area contributed by atoms with Gasteiger partial charge < -0.3 is 5.73 Å². The fraction of sp³-hybridized carbons (Fsp3) is 0.222. The second-order valence-electron chi connectivity index (χ2n) is 3.44. The first kappa shape index (κ1) is 11.1. The average molecular weight is 234 g/mol. The zero-order valence-electron chi connectivity index (χ0n) is 9.07. The van der Waals surface area contributed by atoms with Crippen molar-refractivity contribution in [1.29, 1.82) is 0 Å². The highest BCUT2D eigenvalue weighted by Crippen LogP contribution is 2.20. The van der Waals surface area contributed by atoms with Crippen LogP contribution in [0.2, 0.25) is 0 Å². The van der Waals surface area contributed by atoms with Gasteiger partial charge in [0, 0.05) is 12.1 Å². The predicted molar refractivity (Wildman–Crippen MR) is 58.4 cm³/mol. The van der Waals surface area contributed by atoms with Crippen molar-refractivity contribution in [3.63, 3.8) is 0 Å². The van der Waals surface area contributed by atoms with E-state index in [2.05, 4.69) is 15.5 Å². The highest BCUT2D eigenvalue weighted by molar-refractivity contribution is 5.48. The van der Waals surface area contributed by atoms with E-state index in [1.165, 1.54) is 16.8 Å². The molecule has 1 heterocycles. The highest BCUT2D eigenvalue weighted by Gasteiger charge is 2.13. The molecule has 0 spiro atoms. The van der Waals surface area contributed by atoms with Gasteiger partial charge in [-0.15, -0.1) is 5.10 Å². The molecule has 8 nitrogen and oxygen atoms in total. The molecule has 1 aromatic carbocycles. The normalized spacial score (nSPS) is 10.5. The van der Waals surface area contributed by atoms with Crippen LogP contribution in [0.4, 0.5) is 5.69 Å². The van der Waals surface area contributed by atoms with E-state index in [4.69, 9.17) is 5.73 Å². The van der Waals surface area contributed by atoms with Crippen LogP contribution in [0.5, 0.6) is 0 Å². The fourth-order valence-corrected chi connectivity index (χ4v) is 1.46. The minimum absolute atomic E-state index is 0.0101. The molecule has 0 radical (unpaired) electrons. The first-order valence-corrected chi connectivity index (χ1v) is 4.86. The third kappa shape index (κ3) is 1.97. The van der Waals surface area contributed by atoms with Crippen LogP contribution in [0.25, 0.3) is 5.69 Å². The number of tetrazole rings is 1. The van der Waals surface area contributed by atoms with Crippen LogP contribution in [0.15, 0.2) is 18.2 Å². The fourth-order valence-electron chi connectivity index (χ4n) is 1.46. The monoisotopic (exact) mass is 234 g/mol. The second-order valence-corrected chi connectivity index (χ2v) is 3.44. The third-order valence-electron chi connectivity index (χ3n) is 2.35. The summed E-state index contributed by atoms with van der Waals surface area (Å²) in [5, 5.41) is 21.7. The number of nitrogens with zero attached hydrogens (tertiary/aromatic N) is 5. The number of aromatic nitrogens is 4. The number of hydrogen-bond donors (Lipinski definition) is 1. The van der Waals surface area contributed by atoms with E-state index in [1.807, 2.05) is 6.92 Å². The quantitative estimate of drug-likeness (QED) is 0.605. The van der Waals surface area contributed by atoms with Gasteiger partial charge in [-0.3, -0.25) is 10.1 Å². The molecule has 0 amide bonds. The number of hydrogen-bond acceptors (Lipinski definition) is 6. The minimum atomic E-state index is -0.463. The molecule has 2 aromatic rings. The van der Waals surface area contributed by atoms with E-state index in [-0.39, 0.29) is 12.2 Å². The molecular weight excluding hydrogens is 224 g/mol. The van der Waals surface area contributed by atoms with E-state index in [9.17, 15) is 10.1 Å². The lowest BCUT2D eigenvalue weighted by Crippen LogP contribution is -2.09. The van der Waals surface area contributed by atoms with E-state index < -0.39 is 4.92 Å². The minimum Gasteiger partial charge on any atom is -0.324 e. The molecule has 0 atom stereocenters. The van der Waals surface area contributed by atoms with Crippen LogP contribution < -0.4 is 5.73 Å². The standard InChI is InChI=1S/C9H10N6O2/c1-6-2-3-7(15(16)17)4-8(6)14-9(5-10)11-12-13-14/h2-4H,5,10H2,1H3. The van der Waals surface area contributed by atoms with Gasteiger partial charge in [-0.25, -0.2) is 0 Å². The molecule has 0 aliphatic heterocycles. The zero-order chi connectivity index (χ0) is 12.4. The molecule has 2 N–H and O–H groups in total. The second kappa shape index (κ2) is 4.26. The predicted octanol–water partition coefficient (Wildman–Crippen LogP) is 0.338. The van der Waals surface area contributed by atoms with Crippen LogP contribution in [0.1, 0.15) is 11.4 Å². The summed E-state index contributed by atoms with van der Waals surface area (Å²) in [7, 11) is 0. The molecule has 0 saturated carbocycles. The lowest BCUT2D eigenvalue weighted by Gasteiger charge is -2.06. The Bertz CT molecular complexity index is 564. The number of nitro benzene ring substituents is 1. The van der Waals surface area contributed by atoms with Crippen LogP contribution >= 0.6 is 0 Å². The Kier molecular flexibility index (Phi) is 2.79. The Morgan fingerprint density at radius 1 is 1.53 bits per heavy atom. The molecule has 0 unspecified atom stereocenters. The maximum atomic E-state index is 10.7. The van der Waals surface area contributed by atoms with E-state index in [0.29, 0.717) is 11.5 Å². The first-order valence-electron chi connectivity index (χ1n) is 4.86. The number of non-ortho nitro benzene ring substituents is 1. The van der Waals surface area contributed by atoms with Crippen molar-refractivity contribution in [3.05, 3.63) is 39.7 Å². The molecule has 1 aromatic heterocycles. The molecule has 0 bridgehead atoms. The van der Waals surface area contributed by atoms with Crippen LogP contribution in [-0.4, -0.2) is 25.1 Å². The SMILES string of the molecule is Cc1ccc([N+](=O)[O-])cc1-n1nnnc1CN. The number of nitro groups is 1. The van der Waals surface area contributed by atoms with Gasteiger partial charge in [0.05, 0.1) is 17.2 Å². The molecule has 0 aliphatic rings. The largest absolute Gasteiger partial charge is 0.324 e. The van der Waals surface area contributed by atoms with Crippen molar-refractivity contribution in [2.24, 2.45) is 5.73 Å². The Balaban J connectivity index is 2.58. The molecule has 88 valence electrons. The van der Waals surface area contributed by atoms with E-state index in [0.717, 1.165) is 5.56 Å². The topological polar surface area (TPSA) is 113 Å². The highest BCUT2D eigenvalue weighted by atomic mass is 16.6. The van der Waals surface area contributed by atoms with Gasteiger partial charge in [0.2, 0.25) is 0 Å². The summed E-state index contributed by atoms with van der Waals surface area (Å²) in [4.78, 5) is 10.2. The van der Waals surface area contributed by atoms with Gasteiger partial charge in [-0.1, -0.05) is 6.07 Å². The molecule has 0 saturated heterocycles. The first-order chi connectivity index (χ1) is 8.13. The van der Waals surface area contributed by atoms with Crippen molar-refractivity contribution in [3.8, 4) is 5.69 Å². The van der Waals surface area contributed by atoms with Crippen LogP contribution in [-0.2, 0) is 6.54 Å². The van der Waals surface area contributed by atoms with E-state index >= 15 is 0 Å². The number of aryl methyl sites for hydroxylation is 1. The van der Waals surface area contributed by atoms with Crippen molar-refractivity contribution in [2.75, 3.05) is 0 Å². The Labute approximate surface area is 96.2 Å². The van der Waals surface area contributed by atoms with Gasteiger partial charge >= 0.3 is 0 Å². The molecule has 8 heteroatoms. The summed E-state index contributed by atoms with van der Waals surface area (Å²) in [5.41, 5.74) is 6.86. The Hall–Kier alpha value is -2.35. The molecule has 0 aliphatic carbocycles. The number of benzene rings is 1.